The minimum Gasteiger partial charge on any atom is -0.297 e. The zero-order valence-corrected chi connectivity index (χ0v) is 10.2. The topological polar surface area (TPSA) is 34.9 Å². The molecule has 2 heterocycles. The summed E-state index contributed by atoms with van der Waals surface area (Å²) in [5.41, 5.74) is -0.673. The number of aldehydes is 1. The van der Waals surface area contributed by atoms with E-state index in [1.165, 1.54) is 6.07 Å². The van der Waals surface area contributed by atoms with E-state index in [0.29, 0.717) is 22.8 Å². The van der Waals surface area contributed by atoms with Crippen LogP contribution >= 0.6 is 11.3 Å². The molecule has 8 heteroatoms. The molecule has 2 aromatic rings. The van der Waals surface area contributed by atoms with Crippen LogP contribution in [0.25, 0.3) is 0 Å². The molecule has 19 heavy (non-hydrogen) atoms. The largest absolute Gasteiger partial charge is 0.297 e. The average Bonchev–Trinajstić information content (AvgIpc) is 2.96. The van der Waals surface area contributed by atoms with Crippen molar-refractivity contribution in [3.05, 3.63) is 39.3 Å². The van der Waals surface area contributed by atoms with E-state index in [4.69, 9.17) is 0 Å². The van der Waals surface area contributed by atoms with E-state index in [-0.39, 0.29) is 6.54 Å². The summed E-state index contributed by atoms with van der Waals surface area (Å²) in [6, 6.07) is 2.21. The summed E-state index contributed by atoms with van der Waals surface area (Å²) in [6.45, 7) is -0.0727. The molecule has 0 fully saturated rings. The Balaban J connectivity index is 2.29. The van der Waals surface area contributed by atoms with Crippen LogP contribution in [-0.2, 0) is 6.54 Å². The van der Waals surface area contributed by atoms with Gasteiger partial charge in [0.2, 0.25) is 0 Å². The molecule has 0 bridgehead atoms. The van der Waals surface area contributed by atoms with Gasteiger partial charge in [-0.15, -0.1) is 11.3 Å². The lowest BCUT2D eigenvalue weighted by molar-refractivity contribution is 0.112. The number of carbonyl (C=O) groups is 1. The van der Waals surface area contributed by atoms with Gasteiger partial charge in [-0.05, 0) is 23.1 Å². The highest BCUT2D eigenvalue weighted by atomic mass is 32.1. The Bertz CT molecular complexity index is 579. The van der Waals surface area contributed by atoms with E-state index < -0.39 is 24.2 Å². The van der Waals surface area contributed by atoms with E-state index in [0.717, 1.165) is 16.0 Å². The molecule has 0 N–H and O–H groups in total. The van der Waals surface area contributed by atoms with Crippen LogP contribution in [0.5, 0.6) is 0 Å². The highest BCUT2D eigenvalue weighted by Crippen LogP contribution is 2.26. The van der Waals surface area contributed by atoms with Gasteiger partial charge >= 0.3 is 0 Å². The van der Waals surface area contributed by atoms with Crippen LogP contribution < -0.4 is 0 Å². The molecule has 0 atom stereocenters. The number of hydrogen-bond acceptors (Lipinski definition) is 3. The van der Waals surface area contributed by atoms with Gasteiger partial charge in [-0.1, -0.05) is 0 Å². The van der Waals surface area contributed by atoms with Gasteiger partial charge in [0.15, 0.2) is 6.29 Å². The summed E-state index contributed by atoms with van der Waals surface area (Å²) < 4.78 is 51.2. The highest BCUT2D eigenvalue weighted by molar-refractivity contribution is 7.11. The maximum atomic E-state index is 12.7. The lowest BCUT2D eigenvalue weighted by Gasteiger charge is -2.04. The van der Waals surface area contributed by atoms with Crippen molar-refractivity contribution in [2.45, 2.75) is 19.4 Å². The Morgan fingerprint density at radius 2 is 2.00 bits per heavy atom. The van der Waals surface area contributed by atoms with Gasteiger partial charge in [-0.25, -0.2) is 17.6 Å². The molecule has 0 aliphatic rings. The van der Waals surface area contributed by atoms with Crippen molar-refractivity contribution in [1.82, 2.24) is 9.78 Å². The number of carbonyl (C=O) groups excluding carboxylic acids is 1. The molecule has 3 nitrogen and oxygen atoms in total. The second-order valence-electron chi connectivity index (χ2n) is 3.73. The Hall–Kier alpha value is -1.70. The molecule has 0 saturated heterocycles. The van der Waals surface area contributed by atoms with Crippen molar-refractivity contribution in [2.75, 3.05) is 0 Å². The third kappa shape index (κ3) is 3.01. The Labute approximate surface area is 109 Å². The summed E-state index contributed by atoms with van der Waals surface area (Å²) in [5.74, 6) is 0. The molecule has 0 amide bonds. The fraction of sp³-hybridized carbons (Fsp3) is 0.273. The van der Waals surface area contributed by atoms with Crippen molar-refractivity contribution in [3.63, 3.8) is 0 Å². The molecule has 102 valence electrons. The molecular weight excluding hydrogens is 284 g/mol. The molecule has 2 rings (SSSR count). The first-order valence-corrected chi connectivity index (χ1v) is 6.05. The number of hydrogen-bond donors (Lipinski definition) is 0. The van der Waals surface area contributed by atoms with Crippen LogP contribution in [0, 0.1) is 0 Å². The van der Waals surface area contributed by atoms with E-state index in [9.17, 15) is 22.4 Å². The number of thiophene rings is 1. The number of nitrogens with zero attached hydrogens (tertiary/aromatic N) is 2. The zero-order valence-electron chi connectivity index (χ0n) is 9.39. The lowest BCUT2D eigenvalue weighted by atomic mass is 10.3. The predicted molar refractivity (Wildman–Crippen MR) is 60.9 cm³/mol. The maximum absolute atomic E-state index is 12.7. The van der Waals surface area contributed by atoms with Crippen LogP contribution in [0.4, 0.5) is 17.6 Å². The molecule has 0 aliphatic carbocycles. The molecule has 0 unspecified atom stereocenters. The molecular formula is C11H8F4N2OS. The quantitative estimate of drug-likeness (QED) is 0.622. The van der Waals surface area contributed by atoms with Crippen LogP contribution in [0.1, 0.15) is 39.5 Å². The normalized spacial score (nSPS) is 11.5. The van der Waals surface area contributed by atoms with Crippen molar-refractivity contribution < 1.29 is 22.4 Å². The number of rotatable bonds is 5. The fourth-order valence-corrected chi connectivity index (χ4v) is 2.28. The van der Waals surface area contributed by atoms with E-state index in [1.54, 1.807) is 5.38 Å². The molecule has 2 aromatic heterocycles. The van der Waals surface area contributed by atoms with Gasteiger partial charge in [0, 0.05) is 0 Å². The molecule has 0 aliphatic heterocycles. The summed E-state index contributed by atoms with van der Waals surface area (Å²) in [4.78, 5) is 10.9. The van der Waals surface area contributed by atoms with Crippen molar-refractivity contribution in [3.8, 4) is 0 Å². The smallest absolute Gasteiger partial charge is 0.282 e. The SMILES string of the molecule is O=Cc1cc(Cn2nc(C(F)F)cc2C(F)F)cs1. The first-order valence-electron chi connectivity index (χ1n) is 5.17. The lowest BCUT2D eigenvalue weighted by Crippen LogP contribution is -2.06. The van der Waals surface area contributed by atoms with Gasteiger partial charge in [0.1, 0.15) is 11.4 Å². The molecule has 0 aromatic carbocycles. The van der Waals surface area contributed by atoms with E-state index >= 15 is 0 Å². The van der Waals surface area contributed by atoms with Crippen molar-refractivity contribution in [1.29, 1.82) is 0 Å². The van der Waals surface area contributed by atoms with Gasteiger partial charge in [-0.3, -0.25) is 9.48 Å². The Morgan fingerprint density at radius 3 is 2.53 bits per heavy atom. The van der Waals surface area contributed by atoms with Crippen LogP contribution in [0.15, 0.2) is 17.5 Å². The molecule has 0 spiro atoms. The summed E-state index contributed by atoms with van der Waals surface area (Å²) in [6.07, 6.45) is -5.15. The standard InChI is InChI=1S/C11H8F4N2OS/c12-10(13)8-2-9(11(14)15)17(16-8)3-6-1-7(4-18)19-5-6/h1-2,4-5,10-11H,3H2. The van der Waals surface area contributed by atoms with Crippen LogP contribution in [0.3, 0.4) is 0 Å². The van der Waals surface area contributed by atoms with Crippen molar-refractivity contribution in [2.24, 2.45) is 0 Å². The average molecular weight is 292 g/mol. The van der Waals surface area contributed by atoms with Crippen molar-refractivity contribution >= 4 is 17.6 Å². The van der Waals surface area contributed by atoms with Gasteiger partial charge in [-0.2, -0.15) is 5.10 Å². The Kier molecular flexibility index (Phi) is 3.98. The van der Waals surface area contributed by atoms with Gasteiger partial charge < -0.3 is 0 Å². The number of aromatic nitrogens is 2. The summed E-state index contributed by atoms with van der Waals surface area (Å²) >= 11 is 1.15. The van der Waals surface area contributed by atoms with E-state index in [1.807, 2.05) is 0 Å². The van der Waals surface area contributed by atoms with Crippen LogP contribution in [-0.4, -0.2) is 16.1 Å². The Morgan fingerprint density at radius 1 is 1.26 bits per heavy atom. The second kappa shape index (κ2) is 5.52. The first-order chi connectivity index (χ1) is 9.01. The molecule has 0 radical (unpaired) electrons. The fourth-order valence-electron chi connectivity index (χ4n) is 1.57. The monoisotopic (exact) mass is 292 g/mol. The predicted octanol–water partition coefficient (Wildman–Crippen LogP) is 3.68. The van der Waals surface area contributed by atoms with Gasteiger partial charge in [0.05, 0.1) is 11.4 Å². The summed E-state index contributed by atoms with van der Waals surface area (Å²) in [5, 5.41) is 5.06. The number of halogens is 4. The molecule has 0 saturated carbocycles. The van der Waals surface area contributed by atoms with Crippen LogP contribution in [0.2, 0.25) is 0 Å². The summed E-state index contributed by atoms with van der Waals surface area (Å²) in [7, 11) is 0. The zero-order chi connectivity index (χ0) is 14.0. The first kappa shape index (κ1) is 13.7. The second-order valence-corrected chi connectivity index (χ2v) is 4.67. The van der Waals surface area contributed by atoms with Gasteiger partial charge in [0.25, 0.3) is 12.9 Å². The third-order valence-corrected chi connectivity index (χ3v) is 3.31. The number of alkyl halides is 4. The minimum absolute atomic E-state index is 0.0727. The highest BCUT2D eigenvalue weighted by Gasteiger charge is 2.21. The third-order valence-electron chi connectivity index (χ3n) is 2.40. The maximum Gasteiger partial charge on any atom is 0.282 e. The minimum atomic E-state index is -2.90. The van der Waals surface area contributed by atoms with E-state index in [2.05, 4.69) is 5.10 Å².